The number of fused-ring (bicyclic) bond motifs is 5. The second kappa shape index (κ2) is 4.20. The first-order chi connectivity index (χ1) is 8.29. The summed E-state index contributed by atoms with van der Waals surface area (Å²) in [5.74, 6) is -0.492. The highest BCUT2D eigenvalue weighted by Crippen LogP contribution is 2.76. The quantitative estimate of drug-likeness (QED) is 0.597. The monoisotopic (exact) mass is 370 g/mol. The highest BCUT2D eigenvalue weighted by atomic mass is 35.5. The van der Waals surface area contributed by atoms with Gasteiger partial charge in [-0.1, -0.05) is 46.4 Å². The first-order valence-electron chi connectivity index (χ1n) is 5.27. The lowest BCUT2D eigenvalue weighted by Crippen LogP contribution is -2.45. The standard InChI is InChI=1S/C10H8Cl6O2/c11-6-7(12)9(14)5-2-18-3-17-1-4(5)8(6,13)10(9,15)16/h4-5H,1-3H2. The summed E-state index contributed by atoms with van der Waals surface area (Å²) in [6, 6.07) is 0. The summed E-state index contributed by atoms with van der Waals surface area (Å²) >= 11 is 38.5. The second-order valence-corrected chi connectivity index (χ2v) is 7.97. The largest absolute Gasteiger partial charge is 0.355 e. The molecule has 0 spiro atoms. The Morgan fingerprint density at radius 1 is 0.833 bits per heavy atom. The molecule has 0 aromatic carbocycles. The molecule has 0 aromatic heterocycles. The molecule has 0 aromatic rings. The zero-order valence-electron chi connectivity index (χ0n) is 8.86. The lowest BCUT2D eigenvalue weighted by atomic mass is 9.83. The number of rotatable bonds is 0. The number of ether oxygens (including phenoxy) is 2. The van der Waals surface area contributed by atoms with Crippen LogP contribution in [0.25, 0.3) is 0 Å². The lowest BCUT2D eigenvalue weighted by molar-refractivity contribution is -0.0400. The molecular weight excluding hydrogens is 365 g/mol. The molecular formula is C10H8Cl6O2. The van der Waals surface area contributed by atoms with Gasteiger partial charge in [0, 0.05) is 11.8 Å². The van der Waals surface area contributed by atoms with Crippen molar-refractivity contribution in [3.05, 3.63) is 10.1 Å². The first kappa shape index (κ1) is 14.3. The third-order valence-corrected chi connectivity index (χ3v) is 8.36. The van der Waals surface area contributed by atoms with Crippen molar-refractivity contribution in [3.63, 3.8) is 0 Å². The number of alkyl halides is 4. The van der Waals surface area contributed by atoms with Crippen LogP contribution in [0.5, 0.6) is 0 Å². The van der Waals surface area contributed by atoms with E-state index in [1.54, 1.807) is 0 Å². The van der Waals surface area contributed by atoms with Gasteiger partial charge in [0.2, 0.25) is 0 Å². The van der Waals surface area contributed by atoms with Gasteiger partial charge in [0.25, 0.3) is 0 Å². The molecule has 1 saturated carbocycles. The van der Waals surface area contributed by atoms with Crippen molar-refractivity contribution in [1.29, 1.82) is 0 Å². The molecule has 1 aliphatic heterocycles. The molecule has 102 valence electrons. The summed E-state index contributed by atoms with van der Waals surface area (Å²) in [5.41, 5.74) is 0. The Kier molecular flexibility index (Phi) is 3.35. The van der Waals surface area contributed by atoms with Crippen LogP contribution >= 0.6 is 69.6 Å². The highest BCUT2D eigenvalue weighted by Gasteiger charge is 2.82. The van der Waals surface area contributed by atoms with Crippen LogP contribution in [0.3, 0.4) is 0 Å². The molecule has 4 unspecified atom stereocenters. The molecule has 0 N–H and O–H groups in total. The maximum atomic E-state index is 6.61. The molecule has 1 saturated heterocycles. The molecule has 0 amide bonds. The van der Waals surface area contributed by atoms with Crippen LogP contribution in [0, 0.1) is 11.8 Å². The average molecular weight is 373 g/mol. The third-order valence-electron chi connectivity index (χ3n) is 4.01. The van der Waals surface area contributed by atoms with E-state index in [2.05, 4.69) is 0 Å². The predicted molar refractivity (Wildman–Crippen MR) is 74.1 cm³/mol. The Morgan fingerprint density at radius 2 is 1.22 bits per heavy atom. The average Bonchev–Trinajstić information content (AvgIpc) is 2.60. The fourth-order valence-corrected chi connectivity index (χ4v) is 6.13. The summed E-state index contributed by atoms with van der Waals surface area (Å²) in [6.45, 7) is 0.828. The molecule has 2 aliphatic carbocycles. The van der Waals surface area contributed by atoms with E-state index < -0.39 is 14.1 Å². The summed E-state index contributed by atoms with van der Waals surface area (Å²) in [4.78, 5) is -2.48. The third kappa shape index (κ3) is 1.33. The van der Waals surface area contributed by atoms with Crippen molar-refractivity contribution in [2.75, 3.05) is 20.0 Å². The summed E-state index contributed by atoms with van der Waals surface area (Å²) in [7, 11) is 0. The van der Waals surface area contributed by atoms with Gasteiger partial charge in [-0.15, -0.1) is 23.2 Å². The van der Waals surface area contributed by atoms with Gasteiger partial charge < -0.3 is 9.47 Å². The van der Waals surface area contributed by atoms with Crippen LogP contribution in [0.2, 0.25) is 0 Å². The van der Waals surface area contributed by atoms with Crippen molar-refractivity contribution < 1.29 is 9.47 Å². The Balaban J connectivity index is 2.21. The van der Waals surface area contributed by atoms with Crippen LogP contribution < -0.4 is 0 Å². The molecule has 1 heterocycles. The number of allylic oxidation sites excluding steroid dienone is 2. The predicted octanol–water partition coefficient (Wildman–Crippen LogP) is 4.07. The Bertz CT molecular complexity index is 402. The molecule has 0 radical (unpaired) electrons. The maximum absolute atomic E-state index is 6.61. The van der Waals surface area contributed by atoms with Crippen molar-refractivity contribution in [3.8, 4) is 0 Å². The second-order valence-electron chi connectivity index (χ2n) is 4.70. The number of halogens is 6. The number of hydrogen-bond donors (Lipinski definition) is 0. The van der Waals surface area contributed by atoms with Gasteiger partial charge in [0.1, 0.15) is 16.5 Å². The molecule has 18 heavy (non-hydrogen) atoms. The maximum Gasteiger partial charge on any atom is 0.167 e. The van der Waals surface area contributed by atoms with Crippen molar-refractivity contribution in [2.45, 2.75) is 14.1 Å². The summed E-state index contributed by atoms with van der Waals surface area (Å²) in [6.07, 6.45) is 0. The van der Waals surface area contributed by atoms with Crippen molar-refractivity contribution >= 4 is 69.6 Å². The Hall–Kier alpha value is 1.40. The lowest BCUT2D eigenvalue weighted by Gasteiger charge is -2.34. The van der Waals surface area contributed by atoms with Crippen molar-refractivity contribution in [2.24, 2.45) is 11.8 Å². The first-order valence-corrected chi connectivity index (χ1v) is 7.53. The fourth-order valence-electron chi connectivity index (χ4n) is 3.08. The smallest absolute Gasteiger partial charge is 0.167 e. The Morgan fingerprint density at radius 3 is 1.61 bits per heavy atom. The summed E-state index contributed by atoms with van der Waals surface area (Å²) < 4.78 is 9.18. The Labute approximate surface area is 134 Å². The van der Waals surface area contributed by atoms with Gasteiger partial charge in [-0.05, 0) is 0 Å². The zero-order chi connectivity index (χ0) is 13.3. The minimum Gasteiger partial charge on any atom is -0.355 e. The zero-order valence-corrected chi connectivity index (χ0v) is 13.4. The van der Waals surface area contributed by atoms with E-state index in [1.165, 1.54) is 0 Å². The SMILES string of the molecule is ClC1=C(Cl)C2(Cl)C3COCOCC3C1(Cl)C2(Cl)Cl. The highest BCUT2D eigenvalue weighted by molar-refractivity contribution is 6.65. The van der Waals surface area contributed by atoms with E-state index in [0.29, 0.717) is 13.2 Å². The van der Waals surface area contributed by atoms with Crippen LogP contribution in [-0.4, -0.2) is 34.1 Å². The van der Waals surface area contributed by atoms with E-state index in [0.717, 1.165) is 0 Å². The van der Waals surface area contributed by atoms with Gasteiger partial charge in [0.05, 0.1) is 23.3 Å². The van der Waals surface area contributed by atoms with E-state index in [1.807, 2.05) is 0 Å². The minimum atomic E-state index is -1.50. The number of hydrogen-bond acceptors (Lipinski definition) is 2. The van der Waals surface area contributed by atoms with E-state index in [9.17, 15) is 0 Å². The molecule has 3 aliphatic rings. The van der Waals surface area contributed by atoms with Gasteiger partial charge in [-0.25, -0.2) is 0 Å². The van der Waals surface area contributed by atoms with Gasteiger partial charge in [0.15, 0.2) is 4.33 Å². The van der Waals surface area contributed by atoms with Gasteiger partial charge in [-0.3, -0.25) is 0 Å². The van der Waals surface area contributed by atoms with Crippen molar-refractivity contribution in [1.82, 2.24) is 0 Å². The summed E-state index contributed by atoms with van der Waals surface area (Å²) in [5, 5.41) is 0.412. The van der Waals surface area contributed by atoms with Crippen LogP contribution in [0.4, 0.5) is 0 Å². The van der Waals surface area contributed by atoms with Crippen LogP contribution in [0.1, 0.15) is 0 Å². The van der Waals surface area contributed by atoms with E-state index in [4.69, 9.17) is 79.1 Å². The molecule has 8 heteroatoms. The van der Waals surface area contributed by atoms with Gasteiger partial charge in [-0.2, -0.15) is 0 Å². The van der Waals surface area contributed by atoms with Gasteiger partial charge >= 0.3 is 0 Å². The molecule has 4 atom stereocenters. The van der Waals surface area contributed by atoms with E-state index >= 15 is 0 Å². The molecule has 2 fully saturated rings. The van der Waals surface area contributed by atoms with E-state index in [-0.39, 0.29) is 28.7 Å². The topological polar surface area (TPSA) is 18.5 Å². The minimum absolute atomic E-state index is 0.180. The van der Waals surface area contributed by atoms with Crippen LogP contribution in [0.15, 0.2) is 10.1 Å². The molecule has 2 nitrogen and oxygen atoms in total. The fraction of sp³-hybridized carbons (Fsp3) is 0.800. The molecule has 3 rings (SSSR count). The normalized spacial score (nSPS) is 50.3. The van der Waals surface area contributed by atoms with Crippen LogP contribution in [-0.2, 0) is 9.47 Å². The molecule has 2 bridgehead atoms.